The van der Waals surface area contributed by atoms with Gasteiger partial charge in [-0.15, -0.1) is 0 Å². The van der Waals surface area contributed by atoms with Gasteiger partial charge in [-0.1, -0.05) is 98.4 Å². The number of thioether (sulfide) groups is 1. The summed E-state index contributed by atoms with van der Waals surface area (Å²) >= 11 is 1.07. The Kier molecular flexibility index (Phi) is 18.0. The fourth-order valence-corrected chi connectivity index (χ4v) is 5.92. The second kappa shape index (κ2) is 22.6. The van der Waals surface area contributed by atoms with Crippen molar-refractivity contribution in [2.45, 2.75) is 76.5 Å². The van der Waals surface area contributed by atoms with Gasteiger partial charge in [0.15, 0.2) is 0 Å². The number of aromatic hydroxyl groups is 1. The first kappa shape index (κ1) is 44.7. The predicted molar refractivity (Wildman–Crippen MR) is 213 cm³/mol. The van der Waals surface area contributed by atoms with E-state index in [0.29, 0.717) is 11.3 Å². The molecule has 0 fully saturated rings. The van der Waals surface area contributed by atoms with E-state index in [1.165, 1.54) is 19.1 Å². The van der Waals surface area contributed by atoms with Gasteiger partial charge in [-0.3, -0.25) is 33.6 Å². The first-order valence-electron chi connectivity index (χ1n) is 18.2. The summed E-state index contributed by atoms with van der Waals surface area (Å²) in [6, 6.07) is 19.3. The lowest BCUT2D eigenvalue weighted by Gasteiger charge is -2.23. The van der Waals surface area contributed by atoms with Crippen molar-refractivity contribution in [1.82, 2.24) is 31.9 Å². The van der Waals surface area contributed by atoms with Crippen molar-refractivity contribution < 1.29 is 38.7 Å². The molecule has 0 aliphatic carbocycles. The highest BCUT2D eigenvalue weighted by Gasteiger charge is 2.28. The molecule has 16 heteroatoms. The van der Waals surface area contributed by atoms with Gasteiger partial charge in [-0.05, 0) is 48.6 Å². The van der Waals surface area contributed by atoms with Crippen molar-refractivity contribution in [1.29, 1.82) is 0 Å². The van der Waals surface area contributed by atoms with Gasteiger partial charge >= 0.3 is 0 Å². The van der Waals surface area contributed by atoms with Crippen LogP contribution in [0, 0.1) is 5.92 Å². The lowest BCUT2D eigenvalue weighted by Crippen LogP contribution is -2.56. The van der Waals surface area contributed by atoms with E-state index in [9.17, 15) is 38.7 Å². The Morgan fingerprint density at radius 1 is 0.571 bits per heavy atom. The van der Waals surface area contributed by atoms with Crippen molar-refractivity contribution in [3.63, 3.8) is 0 Å². The van der Waals surface area contributed by atoms with Gasteiger partial charge in [0.1, 0.15) is 23.9 Å². The molecule has 3 aromatic carbocycles. The molecule has 0 heterocycles. The largest absolute Gasteiger partial charge is 0.508 e. The molecule has 300 valence electrons. The van der Waals surface area contributed by atoms with Crippen LogP contribution in [0.4, 0.5) is 0 Å². The normalized spacial score (nSPS) is 13.5. The van der Waals surface area contributed by atoms with E-state index in [4.69, 9.17) is 5.73 Å². The van der Waals surface area contributed by atoms with E-state index in [-0.39, 0.29) is 29.6 Å². The first-order valence-corrected chi connectivity index (χ1v) is 19.1. The number of benzene rings is 3. The molecule has 0 spiro atoms. The summed E-state index contributed by atoms with van der Waals surface area (Å²) in [4.78, 5) is 90.4. The summed E-state index contributed by atoms with van der Waals surface area (Å²) in [7, 11) is 0. The number of rotatable bonds is 20. The minimum Gasteiger partial charge on any atom is -0.508 e. The lowest BCUT2D eigenvalue weighted by atomic mass is 10.0. The summed E-state index contributed by atoms with van der Waals surface area (Å²) in [5.74, 6) is -3.66. The molecule has 0 bridgehead atoms. The van der Waals surface area contributed by atoms with Crippen LogP contribution in [-0.4, -0.2) is 89.0 Å². The van der Waals surface area contributed by atoms with Gasteiger partial charge in [-0.25, -0.2) is 0 Å². The number of amides is 6. The minimum atomic E-state index is -1.14. The molecule has 9 N–H and O–H groups in total. The molecule has 0 aromatic heterocycles. The predicted octanol–water partition coefficient (Wildman–Crippen LogP) is 0.832. The number of phenolic OH excluding ortho intramolecular Hbond substituents is 1. The van der Waals surface area contributed by atoms with Crippen molar-refractivity contribution in [3.05, 3.63) is 102 Å². The average molecular weight is 790 g/mol. The molecule has 5 atom stereocenters. The van der Waals surface area contributed by atoms with Crippen molar-refractivity contribution in [2.75, 3.05) is 13.1 Å². The van der Waals surface area contributed by atoms with Crippen LogP contribution in [0.25, 0.3) is 0 Å². The maximum Gasteiger partial charge on any atom is 0.243 e. The number of carbonyl (C=O) groups is 7. The number of nitrogens with one attached hydrogen (secondary N) is 6. The van der Waals surface area contributed by atoms with Gasteiger partial charge in [0.05, 0.1) is 25.2 Å². The quantitative estimate of drug-likeness (QED) is 0.0803. The molecule has 0 aliphatic rings. The van der Waals surface area contributed by atoms with Crippen LogP contribution in [0.1, 0.15) is 44.4 Å². The third kappa shape index (κ3) is 15.5. The SMILES string of the molecule is CC(C)[C@H](N)C(=O)N[C@@H](Cc1ccc(O)cc1)C(=O)NCC(=O)NCC(=O)N[C@@H](Cc1ccccc1)C(=O)N[C@@H](C)C(=O)N[C@@H](C)C(=O)SCc1ccccc1. The molecule has 6 amide bonds. The highest BCUT2D eigenvalue weighted by atomic mass is 32.2. The molecule has 15 nitrogen and oxygen atoms in total. The number of phenols is 1. The lowest BCUT2D eigenvalue weighted by molar-refractivity contribution is -0.133. The Hall–Kier alpha value is -5.74. The van der Waals surface area contributed by atoms with Crippen LogP contribution in [0.2, 0.25) is 0 Å². The van der Waals surface area contributed by atoms with E-state index >= 15 is 0 Å². The van der Waals surface area contributed by atoms with Crippen LogP contribution in [0.5, 0.6) is 5.75 Å². The average Bonchev–Trinajstić information content (AvgIpc) is 3.18. The summed E-state index contributed by atoms with van der Waals surface area (Å²) in [6.07, 6.45) is 0.110. The van der Waals surface area contributed by atoms with Crippen molar-refractivity contribution in [3.8, 4) is 5.75 Å². The molecule has 3 aromatic rings. The summed E-state index contributed by atoms with van der Waals surface area (Å²) in [5, 5.41) is 24.6. The maximum atomic E-state index is 13.4. The Balaban J connectivity index is 1.54. The molecular weight excluding hydrogens is 739 g/mol. The summed E-state index contributed by atoms with van der Waals surface area (Å²) in [6.45, 7) is 5.46. The fourth-order valence-electron chi connectivity index (χ4n) is 5.11. The topological polar surface area (TPSA) is 238 Å². The van der Waals surface area contributed by atoms with Gasteiger partial charge in [0.2, 0.25) is 40.6 Å². The Labute approximate surface area is 330 Å². The molecule has 56 heavy (non-hydrogen) atoms. The molecule has 0 aliphatic heterocycles. The van der Waals surface area contributed by atoms with E-state index in [2.05, 4.69) is 31.9 Å². The van der Waals surface area contributed by atoms with E-state index in [1.54, 1.807) is 63.2 Å². The molecule has 0 saturated carbocycles. The Bertz CT molecular complexity index is 1800. The minimum absolute atomic E-state index is 0.0271. The van der Waals surface area contributed by atoms with Gasteiger partial charge in [-0.2, -0.15) is 0 Å². The summed E-state index contributed by atoms with van der Waals surface area (Å²) < 4.78 is 0. The highest BCUT2D eigenvalue weighted by Crippen LogP contribution is 2.15. The maximum absolute atomic E-state index is 13.4. The van der Waals surface area contributed by atoms with Crippen LogP contribution in [0.3, 0.4) is 0 Å². The van der Waals surface area contributed by atoms with Crippen molar-refractivity contribution >= 4 is 52.3 Å². The zero-order chi connectivity index (χ0) is 41.2. The molecule has 0 unspecified atom stereocenters. The van der Waals surface area contributed by atoms with Crippen LogP contribution in [0.15, 0.2) is 84.9 Å². The van der Waals surface area contributed by atoms with Crippen LogP contribution in [-0.2, 0) is 52.2 Å². The second-order valence-corrected chi connectivity index (χ2v) is 14.5. The number of hydrogen-bond donors (Lipinski definition) is 8. The smallest absolute Gasteiger partial charge is 0.243 e. The third-order valence-corrected chi connectivity index (χ3v) is 9.64. The highest BCUT2D eigenvalue weighted by molar-refractivity contribution is 8.13. The Morgan fingerprint density at radius 3 is 1.68 bits per heavy atom. The van der Waals surface area contributed by atoms with Crippen LogP contribution < -0.4 is 37.6 Å². The fraction of sp³-hybridized carbons (Fsp3) is 0.375. The molecular formula is C40H51N7O8S. The van der Waals surface area contributed by atoms with Crippen molar-refractivity contribution in [2.24, 2.45) is 11.7 Å². The third-order valence-electron chi connectivity index (χ3n) is 8.52. The standard InChI is InChI=1S/C40H51N7O8S/c1-24(2)35(41)39(54)47-31(20-28-15-17-30(48)18-16-28)37(52)43-21-33(49)42-22-34(50)46-32(19-27-11-7-5-8-12-27)38(53)44-25(3)36(51)45-26(4)40(55)56-23-29-13-9-6-10-14-29/h5-18,24-26,31-32,35,48H,19-23,41H2,1-4H3,(H,42,49)(H,43,52)(H,44,53)(H,45,51)(H,46,50)(H,47,54)/t25-,26-,31-,32-,35-/m0/s1. The van der Waals surface area contributed by atoms with E-state index < -0.39 is 78.7 Å². The zero-order valence-corrected chi connectivity index (χ0v) is 32.7. The van der Waals surface area contributed by atoms with E-state index in [1.807, 2.05) is 30.3 Å². The van der Waals surface area contributed by atoms with Gasteiger partial charge in [0.25, 0.3) is 0 Å². The van der Waals surface area contributed by atoms with Crippen LogP contribution >= 0.6 is 11.8 Å². The van der Waals surface area contributed by atoms with Gasteiger partial charge < -0.3 is 42.7 Å². The second-order valence-electron chi connectivity index (χ2n) is 13.6. The van der Waals surface area contributed by atoms with Gasteiger partial charge in [0, 0.05) is 18.6 Å². The monoisotopic (exact) mass is 789 g/mol. The first-order chi connectivity index (χ1) is 26.6. The number of hydrogen-bond acceptors (Lipinski definition) is 10. The molecule has 0 radical (unpaired) electrons. The number of nitrogens with two attached hydrogens (primary N) is 1. The number of carbonyl (C=O) groups excluding carboxylic acids is 7. The Morgan fingerprint density at radius 2 is 1.09 bits per heavy atom. The van der Waals surface area contributed by atoms with E-state index in [0.717, 1.165) is 22.9 Å². The zero-order valence-electron chi connectivity index (χ0n) is 31.9. The summed E-state index contributed by atoms with van der Waals surface area (Å²) in [5.41, 5.74) is 8.27. The molecule has 0 saturated heterocycles. The molecule has 3 rings (SSSR count).